The summed E-state index contributed by atoms with van der Waals surface area (Å²) in [6.07, 6.45) is 0.689. The second-order valence-electron chi connectivity index (χ2n) is 5.49. The number of likely N-dealkylation sites (tertiary alicyclic amines) is 1. The number of β-amino-alcohol motifs (C(OH)–C–C–N with tert-alkyl or cyclic N) is 1. The van der Waals surface area contributed by atoms with Crippen molar-refractivity contribution >= 4 is 5.71 Å². The summed E-state index contributed by atoms with van der Waals surface area (Å²) in [5, 5.41) is 10.4. The van der Waals surface area contributed by atoms with Crippen molar-refractivity contribution in [3.8, 4) is 17.6 Å². The second kappa shape index (κ2) is 6.30. The van der Waals surface area contributed by atoms with Crippen LogP contribution in [0.25, 0.3) is 0 Å². The molecule has 0 aliphatic carbocycles. The lowest BCUT2D eigenvalue weighted by molar-refractivity contribution is 0.112. The standard InChI is InChI=1S/C17H22N2O2/c1-13(18-2)15-11-14(5-6-16(15)21-4)7-8-17(20)9-10-19(3)12-17/h5-6,11,20H,9-10,12H2,1-4H3. The number of ether oxygens (including phenoxy) is 1. The molecule has 1 saturated heterocycles. The molecule has 1 aromatic carbocycles. The van der Waals surface area contributed by atoms with Crippen LogP contribution < -0.4 is 4.74 Å². The molecule has 4 nitrogen and oxygen atoms in total. The number of methoxy groups -OCH3 is 1. The zero-order chi connectivity index (χ0) is 15.5. The number of nitrogens with zero attached hydrogens (tertiary/aromatic N) is 2. The monoisotopic (exact) mass is 286 g/mol. The molecule has 1 heterocycles. The van der Waals surface area contributed by atoms with Gasteiger partial charge < -0.3 is 14.7 Å². The largest absolute Gasteiger partial charge is 0.496 e. The maximum atomic E-state index is 10.4. The molecule has 4 heteroatoms. The molecule has 0 spiro atoms. The van der Waals surface area contributed by atoms with Crippen LogP contribution in [0.2, 0.25) is 0 Å². The zero-order valence-corrected chi connectivity index (χ0v) is 13.1. The summed E-state index contributed by atoms with van der Waals surface area (Å²) < 4.78 is 5.35. The minimum Gasteiger partial charge on any atom is -0.496 e. The molecule has 0 radical (unpaired) electrons. The van der Waals surface area contributed by atoms with Crippen LogP contribution in [0.5, 0.6) is 5.75 Å². The third kappa shape index (κ3) is 3.63. The third-order valence-electron chi connectivity index (χ3n) is 3.80. The Hall–Kier alpha value is -1.83. The van der Waals surface area contributed by atoms with Gasteiger partial charge in [0, 0.05) is 43.4 Å². The minimum atomic E-state index is -0.900. The van der Waals surface area contributed by atoms with Crippen molar-refractivity contribution in [3.05, 3.63) is 29.3 Å². The van der Waals surface area contributed by atoms with Gasteiger partial charge in [0.05, 0.1) is 7.11 Å². The summed E-state index contributed by atoms with van der Waals surface area (Å²) in [5.74, 6) is 6.87. The Morgan fingerprint density at radius 1 is 1.48 bits per heavy atom. The van der Waals surface area contributed by atoms with Crippen LogP contribution in [0, 0.1) is 11.8 Å². The van der Waals surface area contributed by atoms with Crippen LogP contribution in [0.3, 0.4) is 0 Å². The van der Waals surface area contributed by atoms with Crippen molar-refractivity contribution in [1.82, 2.24) is 4.90 Å². The van der Waals surface area contributed by atoms with E-state index >= 15 is 0 Å². The Labute approximate surface area is 126 Å². The van der Waals surface area contributed by atoms with Gasteiger partial charge in [-0.15, -0.1) is 0 Å². The molecule has 112 valence electrons. The number of hydrogen-bond acceptors (Lipinski definition) is 4. The first-order valence-electron chi connectivity index (χ1n) is 7.03. The predicted octanol–water partition coefficient (Wildman–Crippen LogP) is 1.55. The first-order chi connectivity index (χ1) is 9.97. The molecule has 1 unspecified atom stereocenters. The number of benzene rings is 1. The first-order valence-corrected chi connectivity index (χ1v) is 7.03. The quantitative estimate of drug-likeness (QED) is 0.663. The summed E-state index contributed by atoms with van der Waals surface area (Å²) in [6.45, 7) is 3.41. The molecule has 0 bridgehead atoms. The van der Waals surface area contributed by atoms with E-state index in [1.54, 1.807) is 14.2 Å². The molecule has 2 rings (SSSR count). The van der Waals surface area contributed by atoms with Gasteiger partial charge in [-0.1, -0.05) is 11.8 Å². The van der Waals surface area contributed by atoms with E-state index in [0.29, 0.717) is 13.0 Å². The van der Waals surface area contributed by atoms with Crippen molar-refractivity contribution in [2.24, 2.45) is 4.99 Å². The van der Waals surface area contributed by atoms with Gasteiger partial charge in [-0.2, -0.15) is 0 Å². The van der Waals surface area contributed by atoms with Gasteiger partial charge in [0.2, 0.25) is 0 Å². The zero-order valence-electron chi connectivity index (χ0n) is 13.1. The van der Waals surface area contributed by atoms with Gasteiger partial charge in [0.15, 0.2) is 0 Å². The molecule has 1 aliphatic heterocycles. The van der Waals surface area contributed by atoms with Gasteiger partial charge in [0.25, 0.3) is 0 Å². The van der Waals surface area contributed by atoms with Gasteiger partial charge >= 0.3 is 0 Å². The second-order valence-corrected chi connectivity index (χ2v) is 5.49. The van der Waals surface area contributed by atoms with E-state index in [4.69, 9.17) is 4.74 Å². The molecule has 1 fully saturated rings. The third-order valence-corrected chi connectivity index (χ3v) is 3.80. The van der Waals surface area contributed by atoms with E-state index in [2.05, 4.69) is 21.7 Å². The molecule has 1 aliphatic rings. The maximum Gasteiger partial charge on any atom is 0.139 e. The highest BCUT2D eigenvalue weighted by atomic mass is 16.5. The lowest BCUT2D eigenvalue weighted by atomic mass is 10.0. The molecular formula is C17H22N2O2. The van der Waals surface area contributed by atoms with Gasteiger partial charge in [-0.25, -0.2) is 0 Å². The Kier molecular flexibility index (Phi) is 4.66. The summed E-state index contributed by atoms with van der Waals surface area (Å²) >= 11 is 0. The van der Waals surface area contributed by atoms with E-state index in [1.807, 2.05) is 32.2 Å². The highest BCUT2D eigenvalue weighted by Crippen LogP contribution is 2.22. The number of rotatable bonds is 2. The summed E-state index contributed by atoms with van der Waals surface area (Å²) in [5.41, 5.74) is 1.79. The molecule has 0 aromatic heterocycles. The SMILES string of the molecule is CN=C(C)c1cc(C#CC2(O)CCN(C)C2)ccc1OC. The molecule has 0 saturated carbocycles. The smallest absolute Gasteiger partial charge is 0.139 e. The Morgan fingerprint density at radius 2 is 2.24 bits per heavy atom. The predicted molar refractivity (Wildman–Crippen MR) is 85.1 cm³/mol. The van der Waals surface area contributed by atoms with Crippen molar-refractivity contribution in [1.29, 1.82) is 0 Å². The summed E-state index contributed by atoms with van der Waals surface area (Å²) in [6, 6.07) is 5.75. The van der Waals surface area contributed by atoms with Crippen LogP contribution in [-0.2, 0) is 0 Å². The first kappa shape index (κ1) is 15.6. The normalized spacial score (nSPS) is 22.8. The van der Waals surface area contributed by atoms with Gasteiger partial charge in [-0.05, 0) is 32.2 Å². The van der Waals surface area contributed by atoms with E-state index in [9.17, 15) is 5.11 Å². The van der Waals surface area contributed by atoms with Gasteiger partial charge in [-0.3, -0.25) is 4.99 Å². The average Bonchev–Trinajstić information content (AvgIpc) is 2.84. The van der Waals surface area contributed by atoms with Gasteiger partial charge in [0.1, 0.15) is 11.4 Å². The highest BCUT2D eigenvalue weighted by molar-refractivity contribution is 6.01. The average molecular weight is 286 g/mol. The number of hydrogen-bond donors (Lipinski definition) is 1. The summed E-state index contributed by atoms with van der Waals surface area (Å²) in [4.78, 5) is 6.29. The number of likely N-dealkylation sites (N-methyl/N-ethyl adjacent to an activating group) is 1. The van der Waals surface area contributed by atoms with Crippen LogP contribution in [0.4, 0.5) is 0 Å². The maximum absolute atomic E-state index is 10.4. The lowest BCUT2D eigenvalue weighted by Gasteiger charge is -2.14. The molecule has 1 atom stereocenters. The highest BCUT2D eigenvalue weighted by Gasteiger charge is 2.32. The van der Waals surface area contributed by atoms with E-state index in [0.717, 1.165) is 29.1 Å². The number of aliphatic imine (C=N–C) groups is 1. The van der Waals surface area contributed by atoms with Crippen molar-refractivity contribution in [3.63, 3.8) is 0 Å². The Morgan fingerprint density at radius 3 is 2.81 bits per heavy atom. The molecule has 0 amide bonds. The van der Waals surface area contributed by atoms with Crippen molar-refractivity contribution in [2.75, 3.05) is 34.3 Å². The van der Waals surface area contributed by atoms with Crippen LogP contribution >= 0.6 is 0 Å². The summed E-state index contributed by atoms with van der Waals surface area (Å²) in [7, 11) is 5.39. The minimum absolute atomic E-state index is 0.596. The lowest BCUT2D eigenvalue weighted by Crippen LogP contribution is -2.29. The number of aliphatic hydroxyl groups is 1. The molecule has 1 aromatic rings. The molecule has 21 heavy (non-hydrogen) atoms. The fraction of sp³-hybridized carbons (Fsp3) is 0.471. The Bertz CT molecular complexity index is 613. The van der Waals surface area contributed by atoms with Crippen molar-refractivity contribution < 1.29 is 9.84 Å². The Balaban J connectivity index is 2.30. The van der Waals surface area contributed by atoms with E-state index in [1.165, 1.54) is 0 Å². The van der Waals surface area contributed by atoms with Crippen molar-refractivity contribution in [2.45, 2.75) is 18.9 Å². The van der Waals surface area contributed by atoms with Crippen LogP contribution in [0.1, 0.15) is 24.5 Å². The van der Waals surface area contributed by atoms with Crippen LogP contribution in [0.15, 0.2) is 23.2 Å². The fourth-order valence-corrected chi connectivity index (χ4v) is 2.46. The van der Waals surface area contributed by atoms with Crippen LogP contribution in [-0.4, -0.2) is 55.6 Å². The fourth-order valence-electron chi connectivity index (χ4n) is 2.46. The topological polar surface area (TPSA) is 45.1 Å². The van der Waals surface area contributed by atoms with E-state index < -0.39 is 5.60 Å². The molecule has 1 N–H and O–H groups in total. The molecular weight excluding hydrogens is 264 g/mol. The van der Waals surface area contributed by atoms with E-state index in [-0.39, 0.29) is 0 Å².